The molecule has 0 bridgehead atoms. The molecule has 0 atom stereocenters. The highest BCUT2D eigenvalue weighted by Crippen LogP contribution is 2.29. The molecule has 0 aliphatic carbocycles. The van der Waals surface area contributed by atoms with E-state index in [4.69, 9.17) is 0 Å². The molecule has 0 unspecified atom stereocenters. The summed E-state index contributed by atoms with van der Waals surface area (Å²) in [5.41, 5.74) is 3.04. The zero-order valence-electron chi connectivity index (χ0n) is 6.95. The fourth-order valence-electron chi connectivity index (χ4n) is 1.45. The Morgan fingerprint density at radius 2 is 2.08 bits per heavy atom. The van der Waals surface area contributed by atoms with Gasteiger partial charge in [-0.15, -0.1) is 0 Å². The van der Waals surface area contributed by atoms with E-state index in [0.29, 0.717) is 6.54 Å². The topological polar surface area (TPSA) is 26.3 Å². The summed E-state index contributed by atoms with van der Waals surface area (Å²) >= 11 is 0. The van der Waals surface area contributed by atoms with Gasteiger partial charge in [-0.2, -0.15) is 0 Å². The number of fused-ring (bicyclic) bond motifs is 1. The lowest BCUT2D eigenvalue weighted by molar-refractivity contribution is 1.07. The van der Waals surface area contributed by atoms with Crippen LogP contribution in [0.15, 0.2) is 30.3 Å². The Labute approximate surface area is 71.7 Å². The lowest BCUT2D eigenvalue weighted by Gasteiger charge is -2.35. The minimum atomic E-state index is 0.475. The summed E-state index contributed by atoms with van der Waals surface area (Å²) in [6, 6.07) is 7.68. The van der Waals surface area contributed by atoms with Crippen molar-refractivity contribution in [1.82, 2.24) is 0 Å². The van der Waals surface area contributed by atoms with Crippen LogP contribution in [0.4, 0.5) is 5.69 Å². The maximum absolute atomic E-state index is 11.3. The average Bonchev–Trinajstić information content (AvgIpc) is 2.12. The second kappa shape index (κ2) is 2.64. The molecule has 2 rings (SSSR count). The maximum Gasteiger partial charge on any atom is 0.0337 e. The number of nitrogens with zero attached hydrogens (tertiary/aromatic N) is 1. The van der Waals surface area contributed by atoms with Gasteiger partial charge in [-0.3, -0.25) is 0 Å². The molecule has 2 nitrogen and oxygen atoms in total. The van der Waals surface area contributed by atoms with Crippen LogP contribution in [-0.4, -0.2) is 6.54 Å². The van der Waals surface area contributed by atoms with Gasteiger partial charge in [0.25, 0.3) is 0 Å². The molecule has 1 aliphatic rings. The van der Waals surface area contributed by atoms with Gasteiger partial charge in [-0.05, 0) is 24.1 Å². The van der Waals surface area contributed by atoms with Gasteiger partial charge in [-0.1, -0.05) is 24.3 Å². The first-order chi connectivity index (χ1) is 5.79. The first-order valence-electron chi connectivity index (χ1n) is 4.00. The van der Waals surface area contributed by atoms with E-state index in [9.17, 15) is 5.21 Å². The van der Waals surface area contributed by atoms with Gasteiger partial charge in [0.1, 0.15) is 0 Å². The molecule has 12 heavy (non-hydrogen) atoms. The Morgan fingerprint density at radius 1 is 1.33 bits per heavy atom. The summed E-state index contributed by atoms with van der Waals surface area (Å²) in [4.78, 5) is 0. The molecule has 1 aromatic rings. The van der Waals surface area contributed by atoms with E-state index in [2.05, 4.69) is 0 Å². The van der Waals surface area contributed by atoms with Crippen LogP contribution in [0.5, 0.6) is 0 Å². The standard InChI is InChI=1S/C10H10NO/c1-8-6-7-11(12)10-5-3-2-4-9(8)10/h2-6H,7H2,1H3/q-1. The molecule has 0 aromatic heterocycles. The van der Waals surface area contributed by atoms with Crippen molar-refractivity contribution in [2.75, 3.05) is 11.6 Å². The number of allylic oxidation sites excluding steroid dienone is 1. The van der Waals surface area contributed by atoms with Gasteiger partial charge in [-0.25, -0.2) is 0 Å². The van der Waals surface area contributed by atoms with Crippen LogP contribution in [0.2, 0.25) is 0 Å². The average molecular weight is 160 g/mol. The molecule has 0 saturated heterocycles. The first-order valence-corrected chi connectivity index (χ1v) is 4.00. The second-order valence-corrected chi connectivity index (χ2v) is 2.97. The van der Waals surface area contributed by atoms with Crippen LogP contribution in [0.1, 0.15) is 12.5 Å². The Balaban J connectivity index is 2.58. The van der Waals surface area contributed by atoms with Crippen molar-refractivity contribution in [3.8, 4) is 0 Å². The lowest BCUT2D eigenvalue weighted by atomic mass is 10.0. The van der Waals surface area contributed by atoms with Crippen LogP contribution < -0.4 is 5.06 Å². The molecule has 0 spiro atoms. The summed E-state index contributed by atoms with van der Waals surface area (Å²) in [5, 5.41) is 12.3. The van der Waals surface area contributed by atoms with Crippen molar-refractivity contribution < 1.29 is 0 Å². The van der Waals surface area contributed by atoms with E-state index < -0.39 is 0 Å². The highest BCUT2D eigenvalue weighted by molar-refractivity contribution is 5.79. The number of benzene rings is 1. The highest BCUT2D eigenvalue weighted by Gasteiger charge is 2.08. The minimum Gasteiger partial charge on any atom is -0.758 e. The molecule has 0 N–H and O–H groups in total. The maximum atomic E-state index is 11.3. The third-order valence-electron chi connectivity index (χ3n) is 2.16. The van der Waals surface area contributed by atoms with Crippen LogP contribution >= 0.6 is 0 Å². The van der Waals surface area contributed by atoms with E-state index in [1.807, 2.05) is 37.3 Å². The number of hydroxylamine groups is 1. The molecule has 62 valence electrons. The Hall–Kier alpha value is -1.28. The van der Waals surface area contributed by atoms with Gasteiger partial charge in [0.15, 0.2) is 0 Å². The minimum absolute atomic E-state index is 0.475. The number of anilines is 1. The van der Waals surface area contributed by atoms with Crippen molar-refractivity contribution in [1.29, 1.82) is 0 Å². The molecule has 0 amide bonds. The van der Waals surface area contributed by atoms with E-state index in [0.717, 1.165) is 16.3 Å². The van der Waals surface area contributed by atoms with Gasteiger partial charge in [0.05, 0.1) is 0 Å². The van der Waals surface area contributed by atoms with Gasteiger partial charge in [0, 0.05) is 12.2 Å². The zero-order valence-corrected chi connectivity index (χ0v) is 6.95. The molecular formula is C10H10NO-. The third-order valence-corrected chi connectivity index (χ3v) is 2.16. The van der Waals surface area contributed by atoms with Crippen molar-refractivity contribution >= 4 is 11.3 Å². The highest BCUT2D eigenvalue weighted by atomic mass is 16.5. The van der Waals surface area contributed by atoms with Gasteiger partial charge >= 0.3 is 0 Å². The SMILES string of the molecule is CC1=CCN([O-])c2ccccc21. The quantitative estimate of drug-likeness (QED) is 0.582. The molecule has 1 aromatic carbocycles. The molecular weight excluding hydrogens is 150 g/mol. The number of para-hydroxylation sites is 1. The molecule has 1 heterocycles. The third kappa shape index (κ3) is 1.01. The lowest BCUT2D eigenvalue weighted by Crippen LogP contribution is -2.19. The van der Waals surface area contributed by atoms with Crippen molar-refractivity contribution in [3.05, 3.63) is 41.1 Å². The first kappa shape index (κ1) is 7.37. The van der Waals surface area contributed by atoms with Crippen LogP contribution in [0.3, 0.4) is 0 Å². The van der Waals surface area contributed by atoms with E-state index in [-0.39, 0.29) is 0 Å². The predicted octanol–water partition coefficient (Wildman–Crippen LogP) is 2.41. The normalized spacial score (nSPS) is 15.5. The smallest absolute Gasteiger partial charge is 0.0337 e. The fourth-order valence-corrected chi connectivity index (χ4v) is 1.45. The summed E-state index contributed by atoms with van der Waals surface area (Å²) < 4.78 is 0. The van der Waals surface area contributed by atoms with Crippen LogP contribution in [0.25, 0.3) is 5.57 Å². The Bertz CT molecular complexity index is 330. The van der Waals surface area contributed by atoms with E-state index in [1.165, 1.54) is 5.57 Å². The molecule has 0 saturated carbocycles. The number of hydrogen-bond donors (Lipinski definition) is 0. The van der Waals surface area contributed by atoms with Gasteiger partial charge < -0.3 is 10.3 Å². The van der Waals surface area contributed by atoms with Crippen LogP contribution in [0, 0.1) is 5.21 Å². The van der Waals surface area contributed by atoms with Gasteiger partial charge in [0.2, 0.25) is 0 Å². The van der Waals surface area contributed by atoms with Crippen molar-refractivity contribution in [3.63, 3.8) is 0 Å². The van der Waals surface area contributed by atoms with E-state index in [1.54, 1.807) is 0 Å². The van der Waals surface area contributed by atoms with E-state index >= 15 is 0 Å². The van der Waals surface area contributed by atoms with Crippen molar-refractivity contribution in [2.24, 2.45) is 0 Å². The number of rotatable bonds is 0. The summed E-state index contributed by atoms with van der Waals surface area (Å²) in [6.07, 6.45) is 1.95. The molecule has 0 radical (unpaired) electrons. The molecule has 1 aliphatic heterocycles. The second-order valence-electron chi connectivity index (χ2n) is 2.97. The zero-order chi connectivity index (χ0) is 8.55. The Kier molecular flexibility index (Phi) is 1.62. The Morgan fingerprint density at radius 3 is 2.83 bits per heavy atom. The predicted molar refractivity (Wildman–Crippen MR) is 50.8 cm³/mol. The monoisotopic (exact) mass is 160 g/mol. The molecule has 0 fully saturated rings. The largest absolute Gasteiger partial charge is 0.758 e. The number of hydrogen-bond acceptors (Lipinski definition) is 2. The summed E-state index contributed by atoms with van der Waals surface area (Å²) in [7, 11) is 0. The van der Waals surface area contributed by atoms with Crippen molar-refractivity contribution in [2.45, 2.75) is 6.92 Å². The fraction of sp³-hybridized carbons (Fsp3) is 0.200. The molecule has 2 heteroatoms. The summed E-state index contributed by atoms with van der Waals surface area (Å²) in [6.45, 7) is 2.51. The summed E-state index contributed by atoms with van der Waals surface area (Å²) in [5.74, 6) is 0. The van der Waals surface area contributed by atoms with Crippen LogP contribution in [-0.2, 0) is 0 Å².